The van der Waals surface area contributed by atoms with E-state index in [4.69, 9.17) is 15.0 Å². The first kappa shape index (κ1) is 89.6. The number of hydrogen-bond donors (Lipinski definition) is 0. The molecule has 12 heteroatoms. The Bertz CT molecular complexity index is 7180. The van der Waals surface area contributed by atoms with Gasteiger partial charge in [-0.25, -0.2) is 44.9 Å². The van der Waals surface area contributed by atoms with Gasteiger partial charge in [-0.1, -0.05) is 346 Å². The van der Waals surface area contributed by atoms with E-state index in [1.807, 2.05) is 128 Å². The van der Waals surface area contributed by atoms with Crippen molar-refractivity contribution in [2.24, 2.45) is 0 Å². The van der Waals surface area contributed by atoms with Gasteiger partial charge in [0.2, 0.25) is 0 Å². The lowest BCUT2D eigenvalue weighted by Crippen LogP contribution is -1.92. The van der Waals surface area contributed by atoms with Crippen LogP contribution < -0.4 is 0 Å². The summed E-state index contributed by atoms with van der Waals surface area (Å²) in [4.78, 5) is 55.6. The molecule has 9 heterocycles. The van der Waals surface area contributed by atoms with Gasteiger partial charge in [-0.15, -0.1) is 0 Å². The Balaban J connectivity index is 0.000000123. The van der Waals surface area contributed by atoms with E-state index in [1.165, 1.54) is 0 Å². The minimum atomic E-state index is 0.708. The van der Waals surface area contributed by atoms with Gasteiger partial charge in [-0.3, -0.25) is 15.0 Å². The summed E-state index contributed by atoms with van der Waals surface area (Å²) < 4.78 is 0. The molecule has 144 heavy (non-hydrogen) atoms. The zero-order valence-electron chi connectivity index (χ0n) is 78.3. The van der Waals surface area contributed by atoms with Gasteiger partial charge in [0.1, 0.15) is 0 Å². The summed E-state index contributed by atoms with van der Waals surface area (Å²) in [6.07, 6.45) is 16.1. The molecule has 0 saturated heterocycles. The van der Waals surface area contributed by atoms with Gasteiger partial charge in [0.05, 0.1) is 51.2 Å². The fourth-order valence-corrected chi connectivity index (χ4v) is 17.9. The summed E-state index contributed by atoms with van der Waals surface area (Å²) >= 11 is 0. The summed E-state index contributed by atoms with van der Waals surface area (Å²) in [6.45, 7) is 0. The third-order valence-electron chi connectivity index (χ3n) is 25.4. The molecule has 15 aromatic carbocycles. The van der Waals surface area contributed by atoms with Crippen LogP contribution in [0.2, 0.25) is 0 Å². The predicted octanol–water partition coefficient (Wildman–Crippen LogP) is 32.8. The Hall–Kier alpha value is -19.6. The Morgan fingerprint density at radius 2 is 0.222 bits per heavy atom. The molecule has 24 aromatic rings. The average molecular weight is 1840 g/mol. The molecule has 0 N–H and O–H groups in total. The van der Waals surface area contributed by atoms with Gasteiger partial charge >= 0.3 is 0 Å². The first-order chi connectivity index (χ1) is 71.3. The summed E-state index contributed by atoms with van der Waals surface area (Å²) in [5.41, 5.74) is 41.3. The molecule has 0 saturated carbocycles. The van der Waals surface area contributed by atoms with E-state index >= 15 is 0 Å². The van der Waals surface area contributed by atoms with E-state index in [1.54, 1.807) is 37.2 Å². The van der Waals surface area contributed by atoms with Crippen LogP contribution in [0.1, 0.15) is 0 Å². The van der Waals surface area contributed by atoms with Gasteiger partial charge in [-0.05, 0) is 246 Å². The van der Waals surface area contributed by atoms with Crippen LogP contribution in [0.5, 0.6) is 0 Å². The smallest absolute Gasteiger partial charge is 0.159 e. The number of pyridine rings is 6. The quantitative estimate of drug-likeness (QED) is 0.0672. The molecule has 0 atom stereocenters. The Morgan fingerprint density at radius 1 is 0.0833 bits per heavy atom. The Morgan fingerprint density at radius 3 is 0.396 bits per heavy atom. The lowest BCUT2D eigenvalue weighted by molar-refractivity contribution is 1.18. The number of rotatable bonds is 21. The molecule has 0 unspecified atom stereocenters. The number of hydrogen-bond acceptors (Lipinski definition) is 12. The summed E-state index contributed by atoms with van der Waals surface area (Å²) in [5, 5.41) is 0. The normalized spacial score (nSPS) is 10.9. The van der Waals surface area contributed by atoms with E-state index in [2.05, 4.69) is 427 Å². The molecule has 0 amide bonds. The maximum Gasteiger partial charge on any atom is 0.159 e. The Kier molecular flexibility index (Phi) is 26.5. The minimum Gasteiger partial charge on any atom is -0.256 e. The van der Waals surface area contributed by atoms with E-state index in [9.17, 15) is 0 Å². The van der Waals surface area contributed by atoms with E-state index in [0.29, 0.717) is 17.5 Å². The highest BCUT2D eigenvalue weighted by atomic mass is 14.9. The van der Waals surface area contributed by atoms with Crippen molar-refractivity contribution in [1.82, 2.24) is 59.8 Å². The lowest BCUT2D eigenvalue weighted by atomic mass is 9.91. The second-order valence-corrected chi connectivity index (χ2v) is 34.8. The Labute approximate surface area is 836 Å². The van der Waals surface area contributed by atoms with Crippen molar-refractivity contribution in [2.75, 3.05) is 0 Å². The maximum atomic E-state index is 5.13. The van der Waals surface area contributed by atoms with Crippen molar-refractivity contribution in [3.8, 4) is 236 Å². The molecule has 0 radical (unpaired) electrons. The van der Waals surface area contributed by atoms with Crippen LogP contribution in [0.3, 0.4) is 0 Å². The number of nitrogens with zero attached hydrogens (tertiary/aromatic N) is 12. The molecule has 0 aliphatic heterocycles. The third-order valence-corrected chi connectivity index (χ3v) is 25.4. The highest BCUT2D eigenvalue weighted by Crippen LogP contribution is 2.43. The van der Waals surface area contributed by atoms with Crippen LogP contribution in [0, 0.1) is 0 Å². The highest BCUT2D eigenvalue weighted by molar-refractivity contribution is 5.90. The van der Waals surface area contributed by atoms with Crippen molar-refractivity contribution in [3.63, 3.8) is 0 Å². The number of benzene rings is 15. The van der Waals surface area contributed by atoms with Gasteiger partial charge < -0.3 is 0 Å². The van der Waals surface area contributed by atoms with Crippen LogP contribution in [0.15, 0.2) is 547 Å². The monoisotopic (exact) mass is 1840 g/mol. The van der Waals surface area contributed by atoms with Crippen molar-refractivity contribution in [1.29, 1.82) is 0 Å². The molecule has 12 nitrogen and oxygen atoms in total. The van der Waals surface area contributed by atoms with Crippen molar-refractivity contribution < 1.29 is 0 Å². The summed E-state index contributed by atoms with van der Waals surface area (Å²) in [5.74, 6) is 2.13. The van der Waals surface area contributed by atoms with Crippen LogP contribution in [-0.2, 0) is 0 Å². The second-order valence-electron chi connectivity index (χ2n) is 34.8. The van der Waals surface area contributed by atoms with Crippen LogP contribution in [0.25, 0.3) is 236 Å². The largest absolute Gasteiger partial charge is 0.256 e. The molecule has 24 rings (SSSR count). The van der Waals surface area contributed by atoms with Gasteiger partial charge in [0.25, 0.3) is 0 Å². The molecular weight excluding hydrogens is 1750 g/mol. The highest BCUT2D eigenvalue weighted by Gasteiger charge is 2.20. The number of aromatic nitrogens is 12. The molecule has 0 aliphatic carbocycles. The standard InChI is InChI=1S/C45H31N3.C44H30N4.C43H29N5/c1-3-11-34(12-4-1)44-30-41(31-45(48-44)35-13-5-2-6-14-35)40-28-38(32-17-21-36(22-18-32)42-15-7-9-25-46-42)27-39(29-40)33-19-23-37(24-20-33)43-16-8-10-26-47-43;1-3-10-33(11-4-1)42-29-40(30-43(48-42)34-12-5-2-6-13-34)39-27-37(31-15-19-35(20-16-31)41-14-7-8-23-45-41)26-38(28-39)32-17-21-36(22-18-32)44-46-24-9-25-47-44;1-3-9-32(10-4-1)40-28-39(29-41(48-40)33-11-5-2-6-12-33)38-26-36(30-13-17-34(18-14-30)42-44-21-7-22-45-42)25-37(27-38)31-15-19-35(20-16-31)43-46-23-8-24-47-43/h1-31H;1-30H;1-29H. The van der Waals surface area contributed by atoms with Crippen molar-refractivity contribution in [3.05, 3.63) is 547 Å². The molecule has 0 fully saturated rings. The first-order valence-corrected chi connectivity index (χ1v) is 47.8. The SMILES string of the molecule is c1ccc(-c2cc(-c3cc(-c4ccc(-c5ccccn5)cc4)cc(-c4ccc(-c5ccccn5)cc4)c3)cc(-c3ccccc3)n2)cc1.c1ccc(-c2cc(-c3cc(-c4ccc(-c5ccccn5)cc4)cc(-c4ccc(-c5ncccn5)cc4)c3)cc(-c3ccccc3)n2)cc1.c1ccc(-c2cc(-c3cc(-c4ccc(-c5ncccn5)cc4)cc(-c4ccc(-c5ncccn5)cc4)c3)cc(-c3ccccc3)n2)cc1. The van der Waals surface area contributed by atoms with Gasteiger partial charge in [-0.2, -0.15) is 0 Å². The fraction of sp³-hybridized carbons (Fsp3) is 0. The van der Waals surface area contributed by atoms with E-state index < -0.39 is 0 Å². The van der Waals surface area contributed by atoms with Crippen molar-refractivity contribution >= 4 is 0 Å². The minimum absolute atomic E-state index is 0.708. The second kappa shape index (κ2) is 42.6. The first-order valence-electron chi connectivity index (χ1n) is 47.8. The van der Waals surface area contributed by atoms with Gasteiger partial charge in [0, 0.05) is 123 Å². The zero-order valence-corrected chi connectivity index (χ0v) is 78.3. The summed E-state index contributed by atoms with van der Waals surface area (Å²) in [6, 6.07) is 171. The lowest BCUT2D eigenvalue weighted by Gasteiger charge is -2.14. The van der Waals surface area contributed by atoms with Crippen LogP contribution in [-0.4, -0.2) is 59.8 Å². The molecule has 678 valence electrons. The topological polar surface area (TPSA) is 155 Å². The third kappa shape index (κ3) is 21.1. The summed E-state index contributed by atoms with van der Waals surface area (Å²) in [7, 11) is 0. The van der Waals surface area contributed by atoms with Crippen LogP contribution in [0.4, 0.5) is 0 Å². The van der Waals surface area contributed by atoms with Crippen LogP contribution >= 0.6 is 0 Å². The van der Waals surface area contributed by atoms with Gasteiger partial charge in [0.15, 0.2) is 17.5 Å². The fourth-order valence-electron chi connectivity index (χ4n) is 17.9. The van der Waals surface area contributed by atoms with Crippen molar-refractivity contribution in [2.45, 2.75) is 0 Å². The van der Waals surface area contributed by atoms with E-state index in [-0.39, 0.29) is 0 Å². The van der Waals surface area contributed by atoms with E-state index in [0.717, 1.165) is 218 Å². The predicted molar refractivity (Wildman–Crippen MR) is 587 cm³/mol. The molecule has 0 aliphatic rings. The molecule has 0 bridgehead atoms. The molecular formula is C132H90N12. The zero-order chi connectivity index (χ0) is 96.4. The molecule has 0 spiro atoms. The molecule has 9 aromatic heterocycles. The average Bonchev–Trinajstić information content (AvgIpc) is 0.785. The maximum absolute atomic E-state index is 5.13.